The van der Waals surface area contributed by atoms with Gasteiger partial charge in [-0.05, 0) is 30.2 Å². The monoisotopic (exact) mass is 327 g/mol. The van der Waals surface area contributed by atoms with Gasteiger partial charge < -0.3 is 9.15 Å². The Morgan fingerprint density at radius 3 is 2.96 bits per heavy atom. The van der Waals surface area contributed by atoms with Gasteiger partial charge in [0.2, 0.25) is 0 Å². The van der Waals surface area contributed by atoms with Crippen LogP contribution >= 0.6 is 0 Å². The van der Waals surface area contributed by atoms with Gasteiger partial charge in [0, 0.05) is 57.6 Å². The van der Waals surface area contributed by atoms with Gasteiger partial charge in [-0.15, -0.1) is 0 Å². The highest BCUT2D eigenvalue weighted by Crippen LogP contribution is 2.34. The molecule has 2 aromatic rings. The van der Waals surface area contributed by atoms with E-state index in [9.17, 15) is 0 Å². The number of fused-ring (bicyclic) bond motifs is 1. The van der Waals surface area contributed by atoms with Gasteiger partial charge in [0.1, 0.15) is 5.76 Å². The number of pyridine rings is 1. The third kappa shape index (κ3) is 3.24. The number of likely N-dealkylation sites (tertiary alicyclic amines) is 2. The topological polar surface area (TPSA) is 41.7 Å². The van der Waals surface area contributed by atoms with Gasteiger partial charge in [-0.1, -0.05) is 6.07 Å². The van der Waals surface area contributed by atoms with Crippen molar-refractivity contribution in [3.63, 3.8) is 0 Å². The molecule has 0 aromatic carbocycles. The molecule has 2 aliphatic rings. The molecule has 24 heavy (non-hydrogen) atoms. The molecule has 0 unspecified atom stereocenters. The van der Waals surface area contributed by atoms with Crippen LogP contribution in [0.4, 0.5) is 0 Å². The molecule has 2 fully saturated rings. The minimum Gasteiger partial charge on any atom is -0.468 e. The van der Waals surface area contributed by atoms with E-state index in [1.165, 1.54) is 5.56 Å². The van der Waals surface area contributed by atoms with Crippen LogP contribution in [0.15, 0.2) is 47.3 Å². The number of ether oxygens (including phenoxy) is 1. The van der Waals surface area contributed by atoms with E-state index >= 15 is 0 Å². The second-order valence-electron chi connectivity index (χ2n) is 6.90. The van der Waals surface area contributed by atoms with E-state index in [1.54, 1.807) is 6.26 Å². The summed E-state index contributed by atoms with van der Waals surface area (Å²) in [5.41, 5.74) is 1.29. The van der Waals surface area contributed by atoms with E-state index in [2.05, 4.69) is 26.9 Å². The molecule has 0 amide bonds. The number of piperidine rings is 1. The summed E-state index contributed by atoms with van der Waals surface area (Å²) in [7, 11) is 1.85. The molecule has 0 radical (unpaired) electrons. The van der Waals surface area contributed by atoms with Crippen LogP contribution in [-0.4, -0.2) is 53.7 Å². The van der Waals surface area contributed by atoms with E-state index in [-0.39, 0.29) is 0 Å². The molecular formula is C19H25N3O2. The van der Waals surface area contributed by atoms with Crippen LogP contribution in [-0.2, 0) is 17.8 Å². The highest BCUT2D eigenvalue weighted by Gasteiger charge is 2.44. The Hall–Kier alpha value is -1.69. The number of aromatic nitrogens is 1. The van der Waals surface area contributed by atoms with E-state index < -0.39 is 0 Å². The Kier molecular flexibility index (Phi) is 4.65. The van der Waals surface area contributed by atoms with Gasteiger partial charge in [0.25, 0.3) is 0 Å². The molecule has 128 valence electrons. The van der Waals surface area contributed by atoms with Crippen LogP contribution < -0.4 is 0 Å². The van der Waals surface area contributed by atoms with Crippen molar-refractivity contribution in [3.05, 3.63) is 54.2 Å². The number of rotatable bonds is 5. The first-order valence-electron chi connectivity index (χ1n) is 8.74. The number of nitrogens with zero attached hydrogens (tertiary/aromatic N) is 3. The average molecular weight is 327 g/mol. The summed E-state index contributed by atoms with van der Waals surface area (Å²) in [4.78, 5) is 9.37. The molecule has 0 bridgehead atoms. The fourth-order valence-electron chi connectivity index (χ4n) is 4.29. The van der Waals surface area contributed by atoms with Crippen LogP contribution in [0.1, 0.15) is 17.7 Å². The van der Waals surface area contributed by atoms with Crippen molar-refractivity contribution in [2.45, 2.75) is 31.7 Å². The summed E-state index contributed by atoms with van der Waals surface area (Å²) in [5.74, 6) is 1.61. The number of hydrogen-bond donors (Lipinski definition) is 0. The molecular weight excluding hydrogens is 302 g/mol. The van der Waals surface area contributed by atoms with Crippen molar-refractivity contribution in [2.75, 3.05) is 26.7 Å². The Bertz CT molecular complexity index is 631. The Morgan fingerprint density at radius 1 is 1.25 bits per heavy atom. The molecule has 3 atom stereocenters. The van der Waals surface area contributed by atoms with Gasteiger partial charge in [-0.3, -0.25) is 14.8 Å². The number of methoxy groups -OCH3 is 1. The zero-order valence-electron chi connectivity index (χ0n) is 14.2. The molecule has 0 aliphatic carbocycles. The van der Waals surface area contributed by atoms with E-state index in [4.69, 9.17) is 9.15 Å². The number of hydrogen-bond acceptors (Lipinski definition) is 5. The maximum absolute atomic E-state index is 5.80. The van der Waals surface area contributed by atoms with E-state index in [1.807, 2.05) is 31.6 Å². The van der Waals surface area contributed by atoms with Crippen LogP contribution in [0, 0.1) is 5.92 Å². The summed E-state index contributed by atoms with van der Waals surface area (Å²) in [6.07, 6.45) is 7.04. The van der Waals surface area contributed by atoms with Gasteiger partial charge in [0.05, 0.1) is 18.9 Å². The zero-order chi connectivity index (χ0) is 16.4. The smallest absolute Gasteiger partial charge is 0.117 e. The summed E-state index contributed by atoms with van der Waals surface area (Å²) >= 11 is 0. The molecule has 4 heterocycles. The minimum absolute atomic E-state index is 0.363. The normalized spacial score (nSPS) is 28.1. The molecule has 4 rings (SSSR count). The molecule has 0 saturated carbocycles. The summed E-state index contributed by atoms with van der Waals surface area (Å²) in [6, 6.07) is 8.75. The lowest BCUT2D eigenvalue weighted by Crippen LogP contribution is -2.50. The Morgan fingerprint density at radius 2 is 2.21 bits per heavy atom. The maximum atomic E-state index is 5.80. The van der Waals surface area contributed by atoms with Crippen molar-refractivity contribution >= 4 is 0 Å². The van der Waals surface area contributed by atoms with Crippen molar-refractivity contribution in [1.29, 1.82) is 0 Å². The average Bonchev–Trinajstić information content (AvgIpc) is 3.26. The first-order chi connectivity index (χ1) is 11.8. The maximum Gasteiger partial charge on any atom is 0.117 e. The van der Waals surface area contributed by atoms with Gasteiger partial charge in [-0.25, -0.2) is 0 Å². The van der Waals surface area contributed by atoms with Crippen LogP contribution in [0.3, 0.4) is 0 Å². The minimum atomic E-state index is 0.363. The fraction of sp³-hybridized carbons (Fsp3) is 0.526. The molecule has 0 spiro atoms. The first-order valence-corrected chi connectivity index (χ1v) is 8.74. The number of furan rings is 1. The third-order valence-corrected chi connectivity index (χ3v) is 5.43. The van der Waals surface area contributed by atoms with E-state index in [0.717, 1.165) is 44.9 Å². The van der Waals surface area contributed by atoms with Gasteiger partial charge in [0.15, 0.2) is 0 Å². The van der Waals surface area contributed by atoms with Crippen LogP contribution in [0.2, 0.25) is 0 Å². The quantitative estimate of drug-likeness (QED) is 0.843. The standard InChI is InChI=1S/C19H25N3O2/c1-23-19-6-8-22(11-15-4-2-7-20-10-15)18-14-21(13-17(18)19)12-16-5-3-9-24-16/h2-5,7,9-10,17-19H,6,8,11-14H2,1H3/t17-,18+,19-/m1/s1. The highest BCUT2D eigenvalue weighted by atomic mass is 16.5. The third-order valence-electron chi connectivity index (χ3n) is 5.43. The lowest BCUT2D eigenvalue weighted by molar-refractivity contribution is -0.0245. The second kappa shape index (κ2) is 7.05. The van der Waals surface area contributed by atoms with Crippen LogP contribution in [0.25, 0.3) is 0 Å². The lowest BCUT2D eigenvalue weighted by atomic mass is 9.88. The highest BCUT2D eigenvalue weighted by molar-refractivity contribution is 5.10. The zero-order valence-corrected chi connectivity index (χ0v) is 14.2. The molecule has 2 aliphatic heterocycles. The van der Waals surface area contributed by atoms with E-state index in [0.29, 0.717) is 18.1 Å². The van der Waals surface area contributed by atoms with Crippen molar-refractivity contribution < 1.29 is 9.15 Å². The largest absolute Gasteiger partial charge is 0.468 e. The summed E-state index contributed by atoms with van der Waals surface area (Å²) in [6.45, 7) is 5.10. The summed E-state index contributed by atoms with van der Waals surface area (Å²) < 4.78 is 11.3. The first kappa shape index (κ1) is 15.8. The molecule has 2 saturated heterocycles. The Balaban J connectivity index is 1.47. The van der Waals surface area contributed by atoms with Crippen molar-refractivity contribution in [2.24, 2.45) is 5.92 Å². The van der Waals surface area contributed by atoms with Crippen molar-refractivity contribution in [1.82, 2.24) is 14.8 Å². The molecule has 5 heteroatoms. The fourth-order valence-corrected chi connectivity index (χ4v) is 4.29. The molecule has 5 nitrogen and oxygen atoms in total. The van der Waals surface area contributed by atoms with Gasteiger partial charge >= 0.3 is 0 Å². The lowest BCUT2D eigenvalue weighted by Gasteiger charge is -2.41. The SMILES string of the molecule is CO[C@@H]1CCN(Cc2cccnc2)[C@H]2CN(Cc3ccco3)C[C@@H]12. The predicted octanol–water partition coefficient (Wildman–Crippen LogP) is 2.40. The van der Waals surface area contributed by atoms with Gasteiger partial charge in [-0.2, -0.15) is 0 Å². The molecule has 2 aromatic heterocycles. The second-order valence-corrected chi connectivity index (χ2v) is 6.90. The molecule has 0 N–H and O–H groups in total. The predicted molar refractivity (Wildman–Crippen MR) is 91.3 cm³/mol. The van der Waals surface area contributed by atoms with Crippen LogP contribution in [0.5, 0.6) is 0 Å². The van der Waals surface area contributed by atoms with Crippen molar-refractivity contribution in [3.8, 4) is 0 Å². The summed E-state index contributed by atoms with van der Waals surface area (Å²) in [5, 5.41) is 0. The Labute approximate surface area is 143 Å².